The van der Waals surface area contributed by atoms with Crippen LogP contribution in [0.2, 0.25) is 10.3 Å². The molecular formula is C14H14Cl2N2O3. The molecule has 112 valence electrons. The molecule has 0 unspecified atom stereocenters. The largest absolute Gasteiger partial charge is 0.461 e. The molecule has 0 aliphatic heterocycles. The maximum atomic E-state index is 12.2. The predicted molar refractivity (Wildman–Crippen MR) is 77.4 cm³/mol. The Labute approximate surface area is 132 Å². The van der Waals surface area contributed by atoms with Crippen LogP contribution in [0.4, 0.5) is 0 Å². The zero-order valence-corrected chi connectivity index (χ0v) is 12.7. The number of nitrogens with zero attached hydrogens (tertiary/aromatic N) is 1. The molecule has 1 aromatic heterocycles. The molecule has 0 saturated heterocycles. The smallest absolute Gasteiger partial charge is 0.332 e. The molecule has 0 radical (unpaired) electrons. The van der Waals surface area contributed by atoms with E-state index in [1.807, 2.05) is 0 Å². The summed E-state index contributed by atoms with van der Waals surface area (Å²) in [4.78, 5) is 28.1. The normalized spacial score (nSPS) is 19.5. The Balaban J connectivity index is 1.67. The van der Waals surface area contributed by atoms with Crippen LogP contribution in [-0.4, -0.2) is 28.5 Å². The number of carbonyl (C=O) groups excluding carboxylic acids is 2. The average Bonchev–Trinajstić information content (AvgIpc) is 3.13. The topological polar surface area (TPSA) is 68.3 Å². The van der Waals surface area contributed by atoms with Gasteiger partial charge < -0.3 is 10.1 Å². The molecule has 7 heteroatoms. The summed E-state index contributed by atoms with van der Waals surface area (Å²) < 4.78 is 5.38. The Morgan fingerprint density at radius 1 is 1.24 bits per heavy atom. The molecule has 1 N–H and O–H groups in total. The molecule has 0 atom stereocenters. The van der Waals surface area contributed by atoms with Crippen LogP contribution in [0.3, 0.4) is 0 Å². The standard InChI is InChI=1S/C14H14Cl2N2O3/c15-10-6-8(7-11(16)17-10)12(19)18-14(4-5-14)13(20)21-9-2-1-3-9/h6-7,9H,1-5H2,(H,18,19). The molecule has 2 aliphatic carbocycles. The zero-order chi connectivity index (χ0) is 15.0. The lowest BCUT2D eigenvalue weighted by Gasteiger charge is -2.27. The first kappa shape index (κ1) is 14.6. The number of pyridine rings is 1. The summed E-state index contributed by atoms with van der Waals surface area (Å²) in [5.74, 6) is -0.740. The van der Waals surface area contributed by atoms with Crippen molar-refractivity contribution in [1.82, 2.24) is 10.3 Å². The number of ether oxygens (including phenoxy) is 1. The molecule has 5 nitrogen and oxygen atoms in total. The van der Waals surface area contributed by atoms with Gasteiger partial charge in [0.2, 0.25) is 0 Å². The van der Waals surface area contributed by atoms with Gasteiger partial charge in [-0.15, -0.1) is 0 Å². The van der Waals surface area contributed by atoms with E-state index in [0.29, 0.717) is 12.8 Å². The number of amides is 1. The number of halogens is 2. The van der Waals surface area contributed by atoms with E-state index >= 15 is 0 Å². The number of carbonyl (C=O) groups is 2. The molecule has 0 spiro atoms. The van der Waals surface area contributed by atoms with E-state index in [1.54, 1.807) is 0 Å². The Kier molecular flexibility index (Phi) is 3.80. The predicted octanol–water partition coefficient (Wildman–Crippen LogP) is 2.75. The molecule has 2 aliphatic rings. The van der Waals surface area contributed by atoms with Gasteiger partial charge in [0.1, 0.15) is 21.9 Å². The van der Waals surface area contributed by atoms with Crippen LogP contribution in [0.1, 0.15) is 42.5 Å². The van der Waals surface area contributed by atoms with E-state index in [1.165, 1.54) is 12.1 Å². The minimum atomic E-state index is -0.880. The fourth-order valence-electron chi connectivity index (χ4n) is 2.14. The summed E-state index contributed by atoms with van der Waals surface area (Å²) in [6.45, 7) is 0. The molecule has 0 aromatic carbocycles. The SMILES string of the molecule is O=C(NC1(C(=O)OC2CCC2)CC1)c1cc(Cl)nc(Cl)c1. The molecule has 1 heterocycles. The number of rotatable bonds is 4. The second kappa shape index (κ2) is 5.46. The number of nitrogens with one attached hydrogen (secondary N) is 1. The second-order valence-electron chi connectivity index (χ2n) is 5.50. The average molecular weight is 329 g/mol. The number of aromatic nitrogens is 1. The van der Waals surface area contributed by atoms with Crippen LogP contribution in [0, 0.1) is 0 Å². The Bertz CT molecular complexity index is 578. The maximum Gasteiger partial charge on any atom is 0.332 e. The third-order valence-electron chi connectivity index (χ3n) is 3.84. The highest BCUT2D eigenvalue weighted by Gasteiger charge is 2.53. The summed E-state index contributed by atoms with van der Waals surface area (Å²) in [6, 6.07) is 2.83. The van der Waals surface area contributed by atoms with Crippen LogP contribution in [-0.2, 0) is 9.53 Å². The summed E-state index contributed by atoms with van der Waals surface area (Å²) in [5.41, 5.74) is -0.600. The van der Waals surface area contributed by atoms with E-state index in [9.17, 15) is 9.59 Å². The van der Waals surface area contributed by atoms with Crippen molar-refractivity contribution in [3.8, 4) is 0 Å². The van der Waals surface area contributed by atoms with Gasteiger partial charge in [-0.1, -0.05) is 23.2 Å². The van der Waals surface area contributed by atoms with Gasteiger partial charge in [-0.25, -0.2) is 9.78 Å². The van der Waals surface area contributed by atoms with E-state index in [-0.39, 0.29) is 27.9 Å². The minimum absolute atomic E-state index is 0.0108. The van der Waals surface area contributed by atoms with Crippen LogP contribution >= 0.6 is 23.2 Å². The van der Waals surface area contributed by atoms with Gasteiger partial charge in [0, 0.05) is 5.56 Å². The fourth-order valence-corrected chi connectivity index (χ4v) is 2.60. The lowest BCUT2D eigenvalue weighted by molar-refractivity contribution is -0.156. The fraction of sp³-hybridized carbons (Fsp3) is 0.500. The summed E-state index contributed by atoms with van der Waals surface area (Å²) in [6.07, 6.45) is 4.10. The molecule has 2 fully saturated rings. The summed E-state index contributed by atoms with van der Waals surface area (Å²) in [5, 5.41) is 3.00. The van der Waals surface area contributed by atoms with Crippen LogP contribution < -0.4 is 5.32 Å². The number of hydrogen-bond acceptors (Lipinski definition) is 4. The van der Waals surface area contributed by atoms with Gasteiger partial charge in [-0.3, -0.25) is 4.79 Å². The summed E-state index contributed by atoms with van der Waals surface area (Å²) in [7, 11) is 0. The first-order chi connectivity index (χ1) is 9.98. The van der Waals surface area contributed by atoms with Gasteiger partial charge >= 0.3 is 5.97 Å². The molecular weight excluding hydrogens is 315 g/mol. The number of hydrogen-bond donors (Lipinski definition) is 1. The highest BCUT2D eigenvalue weighted by atomic mass is 35.5. The van der Waals surface area contributed by atoms with Crippen molar-refractivity contribution >= 4 is 35.1 Å². The van der Waals surface area contributed by atoms with Gasteiger partial charge in [-0.05, 0) is 44.2 Å². The molecule has 0 bridgehead atoms. The van der Waals surface area contributed by atoms with Crippen molar-refractivity contribution in [2.45, 2.75) is 43.7 Å². The van der Waals surface area contributed by atoms with Gasteiger partial charge in [0.25, 0.3) is 5.91 Å². The second-order valence-corrected chi connectivity index (χ2v) is 6.27. The first-order valence-corrected chi connectivity index (χ1v) is 7.61. The van der Waals surface area contributed by atoms with Gasteiger partial charge in [0.05, 0.1) is 0 Å². The van der Waals surface area contributed by atoms with E-state index in [4.69, 9.17) is 27.9 Å². The zero-order valence-electron chi connectivity index (χ0n) is 11.2. The third-order valence-corrected chi connectivity index (χ3v) is 4.23. The van der Waals surface area contributed by atoms with Crippen molar-refractivity contribution in [3.63, 3.8) is 0 Å². The molecule has 2 saturated carbocycles. The Hall–Kier alpha value is -1.33. The maximum absolute atomic E-state index is 12.2. The van der Waals surface area contributed by atoms with E-state index in [0.717, 1.165) is 19.3 Å². The van der Waals surface area contributed by atoms with E-state index < -0.39 is 11.4 Å². The first-order valence-electron chi connectivity index (χ1n) is 6.85. The van der Waals surface area contributed by atoms with Crippen molar-refractivity contribution in [2.75, 3.05) is 0 Å². The van der Waals surface area contributed by atoms with Gasteiger partial charge in [-0.2, -0.15) is 0 Å². The van der Waals surface area contributed by atoms with Crippen molar-refractivity contribution in [3.05, 3.63) is 28.0 Å². The molecule has 3 rings (SSSR count). The Morgan fingerprint density at radius 2 is 1.86 bits per heavy atom. The third kappa shape index (κ3) is 3.14. The lowest BCUT2D eigenvalue weighted by Crippen LogP contribution is -2.46. The highest BCUT2D eigenvalue weighted by molar-refractivity contribution is 6.33. The van der Waals surface area contributed by atoms with Crippen LogP contribution in [0.25, 0.3) is 0 Å². The van der Waals surface area contributed by atoms with Crippen LogP contribution in [0.5, 0.6) is 0 Å². The Morgan fingerprint density at radius 3 is 2.33 bits per heavy atom. The van der Waals surface area contributed by atoms with Crippen molar-refractivity contribution in [1.29, 1.82) is 0 Å². The molecule has 21 heavy (non-hydrogen) atoms. The van der Waals surface area contributed by atoms with Crippen LogP contribution in [0.15, 0.2) is 12.1 Å². The number of esters is 1. The quantitative estimate of drug-likeness (QED) is 0.681. The molecule has 1 aromatic rings. The summed E-state index contributed by atoms with van der Waals surface area (Å²) >= 11 is 11.5. The van der Waals surface area contributed by atoms with Crippen molar-refractivity contribution < 1.29 is 14.3 Å². The lowest BCUT2D eigenvalue weighted by atomic mass is 9.96. The van der Waals surface area contributed by atoms with Gasteiger partial charge in [0.15, 0.2) is 0 Å². The monoisotopic (exact) mass is 328 g/mol. The van der Waals surface area contributed by atoms with Crippen molar-refractivity contribution in [2.24, 2.45) is 0 Å². The van der Waals surface area contributed by atoms with E-state index in [2.05, 4.69) is 10.3 Å². The molecule has 1 amide bonds. The highest BCUT2D eigenvalue weighted by Crippen LogP contribution is 2.38. The minimum Gasteiger partial charge on any atom is -0.461 e.